The number of ketones is 2. The lowest BCUT2D eigenvalue weighted by molar-refractivity contribution is 0.0949. The van der Waals surface area contributed by atoms with Crippen LogP contribution in [0.15, 0.2) is 48.5 Å². The molecular formula is C22H20N2O3. The van der Waals surface area contributed by atoms with E-state index in [1.54, 1.807) is 18.2 Å². The first-order valence-corrected chi connectivity index (χ1v) is 9.08. The van der Waals surface area contributed by atoms with Gasteiger partial charge >= 0.3 is 0 Å². The molecule has 0 fully saturated rings. The van der Waals surface area contributed by atoms with Gasteiger partial charge in [-0.25, -0.2) is 0 Å². The molecule has 0 aliphatic carbocycles. The number of benzene rings is 2. The quantitative estimate of drug-likeness (QED) is 0.725. The Labute approximate surface area is 157 Å². The van der Waals surface area contributed by atoms with Crippen LogP contribution in [0.5, 0.6) is 0 Å². The third-order valence-corrected chi connectivity index (χ3v) is 5.05. The molecule has 136 valence electrons. The van der Waals surface area contributed by atoms with E-state index in [0.29, 0.717) is 23.4 Å². The lowest BCUT2D eigenvalue weighted by Crippen LogP contribution is -2.22. The van der Waals surface area contributed by atoms with Crippen LogP contribution in [0, 0.1) is 0 Å². The molecule has 0 unspecified atom stereocenters. The van der Waals surface area contributed by atoms with Crippen molar-refractivity contribution in [1.82, 2.24) is 9.88 Å². The predicted molar refractivity (Wildman–Crippen MR) is 103 cm³/mol. The Hall–Kier alpha value is -3.21. The molecule has 1 aromatic heterocycles. The molecule has 27 heavy (non-hydrogen) atoms. The van der Waals surface area contributed by atoms with E-state index in [1.807, 2.05) is 34.9 Å². The van der Waals surface area contributed by atoms with Crippen LogP contribution in [0.2, 0.25) is 0 Å². The predicted octanol–water partition coefficient (Wildman–Crippen LogP) is 3.40. The normalized spacial score (nSPS) is 13.7. The van der Waals surface area contributed by atoms with Gasteiger partial charge in [-0.3, -0.25) is 14.4 Å². The van der Waals surface area contributed by atoms with Crippen LogP contribution in [-0.4, -0.2) is 28.6 Å². The summed E-state index contributed by atoms with van der Waals surface area (Å²) >= 11 is 0. The second-order valence-electron chi connectivity index (χ2n) is 6.88. The van der Waals surface area contributed by atoms with Gasteiger partial charge in [0.2, 0.25) is 0 Å². The fraction of sp³-hybridized carbons (Fsp3) is 0.227. The molecule has 4 rings (SSSR count). The number of aromatic nitrogens is 1. The Bertz CT molecular complexity index is 1080. The zero-order chi connectivity index (χ0) is 19.0. The van der Waals surface area contributed by atoms with Crippen molar-refractivity contribution in [2.24, 2.45) is 0 Å². The van der Waals surface area contributed by atoms with E-state index in [0.717, 1.165) is 29.4 Å². The number of aryl methyl sites for hydroxylation is 1. The molecule has 3 aromatic rings. The van der Waals surface area contributed by atoms with E-state index in [-0.39, 0.29) is 23.9 Å². The Balaban J connectivity index is 1.70. The van der Waals surface area contributed by atoms with E-state index in [9.17, 15) is 14.4 Å². The van der Waals surface area contributed by atoms with Crippen molar-refractivity contribution < 1.29 is 14.4 Å². The minimum Gasteiger partial charge on any atom is -0.351 e. The van der Waals surface area contributed by atoms with Gasteiger partial charge in [-0.2, -0.15) is 0 Å². The maximum atomic E-state index is 12.9. The third kappa shape index (κ3) is 3.16. The number of amides is 1. The summed E-state index contributed by atoms with van der Waals surface area (Å²) in [6.45, 7) is 2.90. The van der Waals surface area contributed by atoms with Crippen LogP contribution in [-0.2, 0) is 13.0 Å². The lowest BCUT2D eigenvalue weighted by atomic mass is 9.96. The molecule has 0 atom stereocenters. The lowest BCUT2D eigenvalue weighted by Gasteiger charge is -2.08. The van der Waals surface area contributed by atoms with E-state index in [4.69, 9.17) is 0 Å². The summed E-state index contributed by atoms with van der Waals surface area (Å²) in [4.78, 5) is 36.9. The van der Waals surface area contributed by atoms with E-state index in [2.05, 4.69) is 5.32 Å². The summed E-state index contributed by atoms with van der Waals surface area (Å²) in [6.07, 6.45) is 1.03. The minimum atomic E-state index is -0.0769. The average molecular weight is 360 g/mol. The number of carbonyl (C=O) groups is 3. The summed E-state index contributed by atoms with van der Waals surface area (Å²) < 4.78 is 1.98. The molecule has 0 saturated carbocycles. The van der Waals surface area contributed by atoms with Crippen molar-refractivity contribution in [3.8, 4) is 0 Å². The standard InChI is InChI=1S/C22H20N2O3/c1-14(25)18-6-3-2-5-15(18)13-21(26)17-8-7-16-11-20-22(27)23-9-4-10-24(20)19(16)12-17/h2-3,5-8,11-12H,4,9-10,13H2,1H3,(H,23,27). The molecule has 5 nitrogen and oxygen atoms in total. The summed E-state index contributed by atoms with van der Waals surface area (Å²) in [5.41, 5.74) is 3.44. The molecule has 2 heterocycles. The molecule has 0 radical (unpaired) electrons. The van der Waals surface area contributed by atoms with Gasteiger partial charge in [-0.1, -0.05) is 36.4 Å². The molecule has 1 aliphatic heterocycles. The van der Waals surface area contributed by atoms with Crippen molar-refractivity contribution in [3.05, 3.63) is 70.9 Å². The molecule has 2 aromatic carbocycles. The Morgan fingerprint density at radius 1 is 1.11 bits per heavy atom. The highest BCUT2D eigenvalue weighted by Gasteiger charge is 2.19. The number of nitrogens with zero attached hydrogens (tertiary/aromatic N) is 1. The first-order chi connectivity index (χ1) is 13.0. The van der Waals surface area contributed by atoms with Gasteiger partial charge in [0.15, 0.2) is 11.6 Å². The van der Waals surface area contributed by atoms with Crippen LogP contribution in [0.1, 0.15) is 50.1 Å². The molecular weight excluding hydrogens is 340 g/mol. The third-order valence-electron chi connectivity index (χ3n) is 5.05. The number of carbonyl (C=O) groups excluding carboxylic acids is 3. The average Bonchev–Trinajstić information content (AvgIpc) is 2.93. The van der Waals surface area contributed by atoms with Gasteiger partial charge in [0.05, 0.1) is 0 Å². The fourth-order valence-corrected chi connectivity index (χ4v) is 3.68. The molecule has 0 spiro atoms. The van der Waals surface area contributed by atoms with E-state index >= 15 is 0 Å². The number of nitrogens with one attached hydrogen (secondary N) is 1. The van der Waals surface area contributed by atoms with Crippen molar-refractivity contribution >= 4 is 28.4 Å². The van der Waals surface area contributed by atoms with Crippen LogP contribution >= 0.6 is 0 Å². The zero-order valence-corrected chi connectivity index (χ0v) is 15.1. The fourth-order valence-electron chi connectivity index (χ4n) is 3.68. The maximum absolute atomic E-state index is 12.9. The summed E-state index contributed by atoms with van der Waals surface area (Å²) in [5.74, 6) is -0.164. The first kappa shape index (κ1) is 17.2. The zero-order valence-electron chi connectivity index (χ0n) is 15.1. The first-order valence-electron chi connectivity index (χ1n) is 9.08. The minimum absolute atomic E-state index is 0.0424. The molecule has 1 N–H and O–H groups in total. The van der Waals surface area contributed by atoms with Gasteiger partial charge < -0.3 is 9.88 Å². The van der Waals surface area contributed by atoms with Crippen LogP contribution in [0.3, 0.4) is 0 Å². The van der Waals surface area contributed by atoms with Crippen molar-refractivity contribution in [2.45, 2.75) is 26.3 Å². The molecule has 0 saturated heterocycles. The summed E-state index contributed by atoms with van der Waals surface area (Å²) in [7, 11) is 0. The van der Waals surface area contributed by atoms with E-state index < -0.39 is 0 Å². The van der Waals surface area contributed by atoms with Gasteiger partial charge in [-0.15, -0.1) is 0 Å². The second kappa shape index (κ2) is 6.83. The molecule has 1 aliphatic rings. The topological polar surface area (TPSA) is 68.2 Å². The summed E-state index contributed by atoms with van der Waals surface area (Å²) in [5, 5.41) is 3.84. The van der Waals surface area contributed by atoms with Crippen LogP contribution in [0.25, 0.3) is 10.9 Å². The Morgan fingerprint density at radius 3 is 2.74 bits per heavy atom. The van der Waals surface area contributed by atoms with Crippen molar-refractivity contribution in [3.63, 3.8) is 0 Å². The van der Waals surface area contributed by atoms with E-state index in [1.165, 1.54) is 6.92 Å². The highest BCUT2D eigenvalue weighted by atomic mass is 16.2. The smallest absolute Gasteiger partial charge is 0.267 e. The van der Waals surface area contributed by atoms with Crippen LogP contribution in [0.4, 0.5) is 0 Å². The van der Waals surface area contributed by atoms with Crippen molar-refractivity contribution in [2.75, 3.05) is 6.54 Å². The highest BCUT2D eigenvalue weighted by Crippen LogP contribution is 2.24. The number of Topliss-reactive ketones (excluding diaryl/α,β-unsaturated/α-hetero) is 2. The highest BCUT2D eigenvalue weighted by molar-refractivity contribution is 6.04. The Morgan fingerprint density at radius 2 is 1.93 bits per heavy atom. The van der Waals surface area contributed by atoms with Crippen LogP contribution < -0.4 is 5.32 Å². The molecule has 5 heteroatoms. The van der Waals surface area contributed by atoms with Gasteiger partial charge in [0.25, 0.3) is 5.91 Å². The van der Waals surface area contributed by atoms with Gasteiger partial charge in [-0.05, 0) is 31.0 Å². The molecule has 0 bridgehead atoms. The number of fused-ring (bicyclic) bond motifs is 3. The largest absolute Gasteiger partial charge is 0.351 e. The second-order valence-corrected chi connectivity index (χ2v) is 6.88. The van der Waals surface area contributed by atoms with Crippen molar-refractivity contribution in [1.29, 1.82) is 0 Å². The van der Waals surface area contributed by atoms with Gasteiger partial charge in [0.1, 0.15) is 5.69 Å². The van der Waals surface area contributed by atoms with Gasteiger partial charge in [0, 0.05) is 41.5 Å². The maximum Gasteiger partial charge on any atom is 0.267 e. The number of hydrogen-bond acceptors (Lipinski definition) is 3. The SMILES string of the molecule is CC(=O)c1ccccc1CC(=O)c1ccc2cc3n(c2c1)CCCNC3=O. The summed E-state index contributed by atoms with van der Waals surface area (Å²) in [6, 6.07) is 14.6. The number of rotatable bonds is 4. The number of hydrogen-bond donors (Lipinski definition) is 1. The Kier molecular flexibility index (Phi) is 4.36. The monoisotopic (exact) mass is 360 g/mol. The molecule has 1 amide bonds.